The molecule has 0 unspecified atom stereocenters. The van der Waals surface area contributed by atoms with E-state index in [1.807, 2.05) is 18.2 Å². The molecule has 24 heavy (non-hydrogen) atoms. The molecule has 1 aromatic heterocycles. The monoisotopic (exact) mass is 324 g/mol. The molecule has 0 aliphatic carbocycles. The lowest BCUT2D eigenvalue weighted by Crippen LogP contribution is -2.18. The molecule has 1 atom stereocenters. The molecule has 0 amide bonds. The van der Waals surface area contributed by atoms with Crippen LogP contribution < -0.4 is 10.6 Å². The molecule has 126 valence electrons. The first kappa shape index (κ1) is 15.5. The van der Waals surface area contributed by atoms with Gasteiger partial charge in [0.2, 0.25) is 0 Å². The van der Waals surface area contributed by atoms with Gasteiger partial charge in [-0.2, -0.15) is 0 Å². The van der Waals surface area contributed by atoms with Gasteiger partial charge in [0.25, 0.3) is 0 Å². The van der Waals surface area contributed by atoms with Crippen LogP contribution in [0.3, 0.4) is 0 Å². The first-order valence-electron chi connectivity index (χ1n) is 8.87. The largest absolute Gasteiger partial charge is 0.381 e. The molecule has 4 rings (SSSR count). The molecule has 2 aromatic rings. The Morgan fingerprint density at radius 3 is 2.83 bits per heavy atom. The maximum atomic E-state index is 5.49. The smallest absolute Gasteiger partial charge is 0.161 e. The third-order valence-electron chi connectivity index (χ3n) is 4.80. The topological polar surface area (TPSA) is 59.1 Å². The minimum Gasteiger partial charge on any atom is -0.381 e. The van der Waals surface area contributed by atoms with Gasteiger partial charge in [-0.25, -0.2) is 9.97 Å². The van der Waals surface area contributed by atoms with Crippen molar-refractivity contribution in [2.24, 2.45) is 5.92 Å². The third kappa shape index (κ3) is 3.42. The highest BCUT2D eigenvalue weighted by atomic mass is 16.5. The maximum absolute atomic E-state index is 5.49. The van der Waals surface area contributed by atoms with Crippen LogP contribution in [0.15, 0.2) is 30.3 Å². The fraction of sp³-hybridized carbons (Fsp3) is 0.474. The summed E-state index contributed by atoms with van der Waals surface area (Å²) in [6.07, 6.45) is 3.07. The van der Waals surface area contributed by atoms with Gasteiger partial charge in [0.05, 0.1) is 12.3 Å². The van der Waals surface area contributed by atoms with Crippen LogP contribution in [0.2, 0.25) is 0 Å². The van der Waals surface area contributed by atoms with Crippen molar-refractivity contribution in [3.63, 3.8) is 0 Å². The second-order valence-electron chi connectivity index (χ2n) is 6.55. The number of hydrogen-bond donors (Lipinski definition) is 2. The second kappa shape index (κ2) is 7.28. The average Bonchev–Trinajstić information content (AvgIpc) is 3.04. The summed E-state index contributed by atoms with van der Waals surface area (Å²) >= 11 is 0. The van der Waals surface area contributed by atoms with Gasteiger partial charge >= 0.3 is 0 Å². The van der Waals surface area contributed by atoms with Crippen molar-refractivity contribution in [2.45, 2.75) is 19.3 Å². The van der Waals surface area contributed by atoms with E-state index in [-0.39, 0.29) is 0 Å². The molecule has 0 bridgehead atoms. The number of nitrogens with one attached hydrogen (secondary N) is 2. The van der Waals surface area contributed by atoms with Crippen LogP contribution in [-0.4, -0.2) is 42.8 Å². The number of ether oxygens (including phenoxy) is 1. The predicted molar refractivity (Wildman–Crippen MR) is 95.2 cm³/mol. The lowest BCUT2D eigenvalue weighted by Gasteiger charge is -2.16. The molecule has 0 saturated carbocycles. The Balaban J connectivity index is 1.66. The normalized spacial score (nSPS) is 20.4. The molecule has 0 radical (unpaired) electrons. The minimum atomic E-state index is 0.583. The molecular weight excluding hydrogens is 300 g/mol. The van der Waals surface area contributed by atoms with Crippen molar-refractivity contribution in [2.75, 3.05) is 38.2 Å². The van der Waals surface area contributed by atoms with Gasteiger partial charge in [-0.15, -0.1) is 0 Å². The fourth-order valence-electron chi connectivity index (χ4n) is 3.39. The van der Waals surface area contributed by atoms with Crippen molar-refractivity contribution >= 4 is 5.82 Å². The molecule has 1 saturated heterocycles. The quantitative estimate of drug-likeness (QED) is 0.903. The van der Waals surface area contributed by atoms with Crippen LogP contribution >= 0.6 is 0 Å². The molecule has 0 spiro atoms. The van der Waals surface area contributed by atoms with Gasteiger partial charge in [0, 0.05) is 43.2 Å². The summed E-state index contributed by atoms with van der Waals surface area (Å²) in [6, 6.07) is 10.2. The SMILES string of the molecule is c1ccc(-c2nc3c(c(NC[C@H]4CCOC4)n2)CCNCC3)cc1. The maximum Gasteiger partial charge on any atom is 0.161 e. The summed E-state index contributed by atoms with van der Waals surface area (Å²) in [4.78, 5) is 9.74. The molecular formula is C19H24N4O. The zero-order valence-corrected chi connectivity index (χ0v) is 13.9. The predicted octanol–water partition coefficient (Wildman–Crippen LogP) is 2.28. The Hall–Kier alpha value is -1.98. The minimum absolute atomic E-state index is 0.583. The van der Waals surface area contributed by atoms with Gasteiger partial charge in [-0.1, -0.05) is 30.3 Å². The van der Waals surface area contributed by atoms with Crippen LogP contribution in [0.5, 0.6) is 0 Å². The number of fused-ring (bicyclic) bond motifs is 1. The van der Waals surface area contributed by atoms with E-state index >= 15 is 0 Å². The number of aromatic nitrogens is 2. The molecule has 2 N–H and O–H groups in total. The first-order chi connectivity index (χ1) is 11.9. The van der Waals surface area contributed by atoms with Gasteiger partial charge in [0.15, 0.2) is 5.82 Å². The number of benzene rings is 1. The molecule has 1 fully saturated rings. The third-order valence-corrected chi connectivity index (χ3v) is 4.80. The number of anilines is 1. The Kier molecular flexibility index (Phi) is 4.71. The summed E-state index contributed by atoms with van der Waals surface area (Å²) in [6.45, 7) is 4.63. The highest BCUT2D eigenvalue weighted by molar-refractivity contribution is 5.60. The van der Waals surface area contributed by atoms with Gasteiger partial charge in [-0.3, -0.25) is 0 Å². The zero-order chi connectivity index (χ0) is 16.2. The van der Waals surface area contributed by atoms with Gasteiger partial charge in [0.1, 0.15) is 5.82 Å². The van der Waals surface area contributed by atoms with E-state index < -0.39 is 0 Å². The van der Waals surface area contributed by atoms with Crippen LogP contribution in [-0.2, 0) is 17.6 Å². The Labute approximate surface area is 142 Å². The summed E-state index contributed by atoms with van der Waals surface area (Å²) < 4.78 is 5.49. The van der Waals surface area contributed by atoms with Crippen molar-refractivity contribution in [3.8, 4) is 11.4 Å². The molecule has 2 aliphatic rings. The second-order valence-corrected chi connectivity index (χ2v) is 6.55. The van der Waals surface area contributed by atoms with Crippen LogP contribution in [0.4, 0.5) is 5.82 Å². The van der Waals surface area contributed by atoms with Crippen LogP contribution in [0.1, 0.15) is 17.7 Å². The molecule has 1 aromatic carbocycles. The van der Waals surface area contributed by atoms with Crippen molar-refractivity contribution < 1.29 is 4.74 Å². The van der Waals surface area contributed by atoms with Crippen molar-refractivity contribution in [3.05, 3.63) is 41.6 Å². The van der Waals surface area contributed by atoms with Gasteiger partial charge in [-0.05, 0) is 19.4 Å². The summed E-state index contributed by atoms with van der Waals surface area (Å²) in [7, 11) is 0. The first-order valence-corrected chi connectivity index (χ1v) is 8.87. The van der Waals surface area contributed by atoms with E-state index in [4.69, 9.17) is 14.7 Å². The van der Waals surface area contributed by atoms with E-state index in [0.29, 0.717) is 5.92 Å². The highest BCUT2D eigenvalue weighted by Crippen LogP contribution is 2.25. The fourth-order valence-corrected chi connectivity index (χ4v) is 3.39. The van der Waals surface area contributed by atoms with E-state index in [1.165, 1.54) is 11.3 Å². The highest BCUT2D eigenvalue weighted by Gasteiger charge is 2.20. The van der Waals surface area contributed by atoms with Gasteiger partial charge < -0.3 is 15.4 Å². The summed E-state index contributed by atoms with van der Waals surface area (Å²) in [5, 5.41) is 7.06. The lowest BCUT2D eigenvalue weighted by atomic mass is 10.1. The van der Waals surface area contributed by atoms with E-state index in [2.05, 4.69) is 22.8 Å². The molecule has 2 aliphatic heterocycles. The average molecular weight is 324 g/mol. The van der Waals surface area contributed by atoms with E-state index in [9.17, 15) is 0 Å². The zero-order valence-electron chi connectivity index (χ0n) is 13.9. The number of nitrogens with zero attached hydrogens (tertiary/aromatic N) is 2. The van der Waals surface area contributed by atoms with Crippen LogP contribution in [0.25, 0.3) is 11.4 Å². The van der Waals surface area contributed by atoms with E-state index in [0.717, 1.165) is 69.3 Å². The number of hydrogen-bond acceptors (Lipinski definition) is 5. The Morgan fingerprint density at radius 1 is 1.12 bits per heavy atom. The standard InChI is InChI=1S/C19H24N4O/c1-2-4-15(5-3-1)18-22-17-7-10-20-9-6-16(17)19(23-18)21-12-14-8-11-24-13-14/h1-5,14,20H,6-13H2,(H,21,22,23)/t14-/m1/s1. The van der Waals surface area contributed by atoms with Crippen molar-refractivity contribution in [1.29, 1.82) is 0 Å². The van der Waals surface area contributed by atoms with E-state index in [1.54, 1.807) is 0 Å². The lowest BCUT2D eigenvalue weighted by molar-refractivity contribution is 0.187. The Bertz CT molecular complexity index is 683. The molecule has 3 heterocycles. The molecule has 5 heteroatoms. The summed E-state index contributed by atoms with van der Waals surface area (Å²) in [5.74, 6) is 2.41. The molecule has 5 nitrogen and oxygen atoms in total. The van der Waals surface area contributed by atoms with Crippen LogP contribution in [0, 0.1) is 5.92 Å². The summed E-state index contributed by atoms with van der Waals surface area (Å²) in [5.41, 5.74) is 3.53. The van der Waals surface area contributed by atoms with Crippen molar-refractivity contribution in [1.82, 2.24) is 15.3 Å². The number of rotatable bonds is 4. The Morgan fingerprint density at radius 2 is 2.00 bits per heavy atom.